The van der Waals surface area contributed by atoms with Gasteiger partial charge in [-0.3, -0.25) is 0 Å². The summed E-state index contributed by atoms with van der Waals surface area (Å²) in [5, 5.41) is 0. The SMILES string of the molecule is CCC[I+](F)(F)(F)(F)c1ccc(F)c(F)c1F.O=S(=O)([O-])F. The van der Waals surface area contributed by atoms with Crippen LogP contribution in [0.5, 0.6) is 0 Å². The Morgan fingerprint density at radius 2 is 1.45 bits per heavy atom. The fraction of sp³-hybridized carbons (Fsp3) is 0.333. The Balaban J connectivity index is 0.000000763. The number of rotatable bonds is 3. The van der Waals surface area contributed by atoms with Crippen molar-refractivity contribution in [2.75, 3.05) is 4.43 Å². The molecule has 0 aliphatic carbocycles. The first kappa shape index (κ1) is 21.3. The summed E-state index contributed by atoms with van der Waals surface area (Å²) in [4.78, 5) is 0. The minimum Gasteiger partial charge on any atom is -0.722 e. The summed E-state index contributed by atoms with van der Waals surface area (Å²) in [6.07, 6.45) is -0.596. The molecule has 0 aromatic heterocycles. The van der Waals surface area contributed by atoms with Crippen molar-refractivity contribution in [3.63, 3.8) is 0 Å². The molecule has 22 heavy (non-hydrogen) atoms. The first-order valence-electron chi connectivity index (χ1n) is 5.12. The largest absolute Gasteiger partial charge is 0.722 e. The van der Waals surface area contributed by atoms with Crippen LogP contribution in [0.4, 0.5) is 28.5 Å². The molecule has 1 aromatic rings. The molecule has 0 unspecified atom stereocenters. The van der Waals surface area contributed by atoms with Crippen molar-refractivity contribution >= 4 is 10.5 Å². The van der Waals surface area contributed by atoms with E-state index < -0.39 is 60.3 Å². The van der Waals surface area contributed by atoms with E-state index in [1.807, 2.05) is 0 Å². The Bertz CT molecular complexity index is 661. The third-order valence-electron chi connectivity index (χ3n) is 2.01. The first-order valence-corrected chi connectivity index (χ1v) is 12.3. The van der Waals surface area contributed by atoms with Gasteiger partial charge in [0.05, 0.1) is 0 Å². The van der Waals surface area contributed by atoms with Gasteiger partial charge in [-0.2, -0.15) is 0 Å². The molecular weight excluding hydrogens is 467 g/mol. The molecule has 0 heterocycles. The van der Waals surface area contributed by atoms with Crippen molar-refractivity contribution in [3.05, 3.63) is 33.2 Å². The maximum absolute atomic E-state index is 13.4. The smallest absolute Gasteiger partial charge is 0.255 e. The molecule has 0 aliphatic heterocycles. The molecule has 0 bridgehead atoms. The van der Waals surface area contributed by atoms with Gasteiger partial charge in [0, 0.05) is 0 Å². The second-order valence-electron chi connectivity index (χ2n) is 3.89. The van der Waals surface area contributed by atoms with E-state index in [9.17, 15) is 28.5 Å². The van der Waals surface area contributed by atoms with Crippen LogP contribution < -0.4 is 18.0 Å². The number of alkyl halides is 1. The topological polar surface area (TPSA) is 57.2 Å². The normalized spacial score (nSPS) is 15.4. The third kappa shape index (κ3) is 6.20. The zero-order valence-corrected chi connectivity index (χ0v) is 13.6. The molecule has 0 aliphatic rings. The van der Waals surface area contributed by atoms with Crippen molar-refractivity contribution < 1.29 is 59.4 Å². The maximum atomic E-state index is 13.4. The molecule has 0 saturated heterocycles. The Morgan fingerprint density at radius 1 is 1.05 bits per heavy atom. The third-order valence-corrected chi connectivity index (χ3v) is 8.67. The van der Waals surface area contributed by atoms with E-state index >= 15 is 0 Å². The first-order chi connectivity index (χ1) is 9.41. The van der Waals surface area contributed by atoms with Gasteiger partial charge in [-0.1, -0.05) is 0 Å². The average Bonchev–Trinajstić information content (AvgIpc) is 2.21. The monoisotopic (exact) mass is 476 g/mol. The Labute approximate surface area is 121 Å². The minimum absolute atomic E-state index is 0.0734. The van der Waals surface area contributed by atoms with Crippen LogP contribution in [0.1, 0.15) is 13.3 Å². The van der Waals surface area contributed by atoms with E-state index in [2.05, 4.69) is 0 Å². The van der Waals surface area contributed by atoms with Crippen molar-refractivity contribution in [3.8, 4) is 0 Å². The predicted molar refractivity (Wildman–Crippen MR) is 55.4 cm³/mol. The molecular formula is C9H9F8IO3S. The zero-order valence-electron chi connectivity index (χ0n) is 10.6. The van der Waals surface area contributed by atoms with Gasteiger partial charge < -0.3 is 4.55 Å². The molecule has 132 valence electrons. The van der Waals surface area contributed by atoms with Gasteiger partial charge in [0.2, 0.25) is 0 Å². The number of hydrogen-bond acceptors (Lipinski definition) is 3. The van der Waals surface area contributed by atoms with Gasteiger partial charge in [0.15, 0.2) is 0 Å². The molecule has 0 saturated carbocycles. The van der Waals surface area contributed by atoms with Crippen LogP contribution in [0.15, 0.2) is 12.1 Å². The van der Waals surface area contributed by atoms with Crippen LogP contribution in [0, 0.1) is 21.0 Å². The van der Waals surface area contributed by atoms with Crippen LogP contribution in [-0.4, -0.2) is 17.4 Å². The molecule has 3 nitrogen and oxygen atoms in total. The van der Waals surface area contributed by atoms with E-state index in [1.165, 1.54) is 0 Å². The summed E-state index contributed by atoms with van der Waals surface area (Å²) in [6.45, 7) is 1.07. The molecule has 1 rings (SSSR count). The van der Waals surface area contributed by atoms with Crippen LogP contribution in [0.3, 0.4) is 0 Å². The second-order valence-corrected chi connectivity index (χ2v) is 13.5. The molecule has 1 aromatic carbocycles. The van der Waals surface area contributed by atoms with Crippen LogP contribution in [0.25, 0.3) is 0 Å². The van der Waals surface area contributed by atoms with Gasteiger partial charge in [-0.15, -0.1) is 3.89 Å². The van der Waals surface area contributed by atoms with Crippen molar-refractivity contribution in [2.24, 2.45) is 0 Å². The van der Waals surface area contributed by atoms with Crippen molar-refractivity contribution in [1.82, 2.24) is 0 Å². The van der Waals surface area contributed by atoms with Gasteiger partial charge in [-0.25, -0.2) is 8.42 Å². The van der Waals surface area contributed by atoms with Gasteiger partial charge in [0.25, 0.3) is 10.5 Å². The minimum atomic E-state index is -9.70. The Hall–Kier alpha value is -0.700. The van der Waals surface area contributed by atoms with Gasteiger partial charge >= 0.3 is 93.5 Å². The summed E-state index contributed by atoms with van der Waals surface area (Å²) in [6, 6.07) is -0.00417. The molecule has 13 heteroatoms. The second kappa shape index (κ2) is 5.74. The molecule has 0 fully saturated rings. The molecule has 0 atom stereocenters. The summed E-state index contributed by atoms with van der Waals surface area (Å²) in [5.41, 5.74) is 0. The fourth-order valence-electron chi connectivity index (χ4n) is 1.31. The van der Waals surface area contributed by atoms with Crippen LogP contribution >= 0.6 is 0 Å². The van der Waals surface area contributed by atoms with Gasteiger partial charge in [0.1, 0.15) is 0 Å². The summed E-state index contributed by atoms with van der Waals surface area (Å²) >= 11 is -9.70. The summed E-state index contributed by atoms with van der Waals surface area (Å²) in [7, 11) is -5.42. The van der Waals surface area contributed by atoms with E-state index in [1.54, 1.807) is 0 Å². The average molecular weight is 476 g/mol. The molecule has 0 radical (unpaired) electrons. The number of hydrogen-bond donors (Lipinski definition) is 0. The summed E-state index contributed by atoms with van der Waals surface area (Å²) in [5.74, 6) is -6.60. The van der Waals surface area contributed by atoms with E-state index in [-0.39, 0.29) is 12.1 Å². The van der Waals surface area contributed by atoms with E-state index in [4.69, 9.17) is 13.0 Å². The zero-order chi connectivity index (χ0) is 18.0. The van der Waals surface area contributed by atoms with Crippen LogP contribution in [0.2, 0.25) is 0 Å². The molecule has 0 amide bonds. The van der Waals surface area contributed by atoms with Crippen molar-refractivity contribution in [1.29, 1.82) is 0 Å². The Morgan fingerprint density at radius 3 is 1.82 bits per heavy atom. The Kier molecular flexibility index (Phi) is 5.56. The fourth-order valence-corrected chi connectivity index (χ4v) is 6.32. The van der Waals surface area contributed by atoms with E-state index in [0.29, 0.717) is 0 Å². The molecule has 0 spiro atoms. The molecule has 0 N–H and O–H groups in total. The quantitative estimate of drug-likeness (QED) is 0.124. The predicted octanol–water partition coefficient (Wildman–Crippen LogP) is 0.869. The van der Waals surface area contributed by atoms with Crippen LogP contribution in [-0.2, 0) is 10.5 Å². The van der Waals surface area contributed by atoms with Crippen molar-refractivity contribution in [2.45, 2.75) is 13.3 Å². The van der Waals surface area contributed by atoms with E-state index in [0.717, 1.165) is 6.92 Å². The number of benzene rings is 1. The number of halogens is 9. The van der Waals surface area contributed by atoms with Gasteiger partial charge in [-0.05, 0) is 0 Å². The summed E-state index contributed by atoms with van der Waals surface area (Å²) < 4.78 is 123. The standard InChI is InChI=1S/C9H9F7I.FHO3S/c1-2-5-17(13,14,15,16)7-4-3-6(10)8(11)9(7)12;1-5(2,3)4/h3-4H,2,5H2,1H3;(H,2,3,4)/q+1;/p-1. The maximum Gasteiger partial charge on any atom is 0.255 e.